The van der Waals surface area contributed by atoms with E-state index >= 15 is 0 Å². The molecule has 0 heterocycles. The van der Waals surface area contributed by atoms with Crippen molar-refractivity contribution < 1.29 is 14.3 Å². The molecular formula is C28H38N2O3. The van der Waals surface area contributed by atoms with Crippen LogP contribution in [0.5, 0.6) is 5.75 Å². The second-order valence-corrected chi connectivity index (χ2v) is 10.2. The molecule has 3 rings (SSSR count). The van der Waals surface area contributed by atoms with Gasteiger partial charge in [-0.15, -0.1) is 0 Å². The molecule has 0 unspecified atom stereocenters. The topological polar surface area (TPSA) is 58.6 Å². The minimum atomic E-state index is -0.579. The zero-order valence-corrected chi connectivity index (χ0v) is 20.7. The standard InChI is InChI=1S/C28H38N2O3/c1-20-10-6-7-11-22(20)18-30(21(2)27(32)29-24-12-8-9-13-24)26(31)19-33-25-16-14-23(15-17-25)28(3,4)5/h6-7,10-11,14-17,21,24H,8-9,12-13,18-19H2,1-5H3,(H,29,32)/t21-/m1/s1. The van der Waals surface area contributed by atoms with Gasteiger partial charge in [-0.25, -0.2) is 0 Å². The minimum Gasteiger partial charge on any atom is -0.484 e. The van der Waals surface area contributed by atoms with Crippen molar-refractivity contribution in [3.8, 4) is 5.75 Å². The summed E-state index contributed by atoms with van der Waals surface area (Å²) in [5.41, 5.74) is 3.39. The van der Waals surface area contributed by atoms with Crippen LogP contribution in [0.15, 0.2) is 48.5 Å². The summed E-state index contributed by atoms with van der Waals surface area (Å²) in [5.74, 6) is 0.348. The number of amides is 2. The van der Waals surface area contributed by atoms with Gasteiger partial charge in [0.1, 0.15) is 11.8 Å². The van der Waals surface area contributed by atoms with Crippen LogP contribution >= 0.6 is 0 Å². The monoisotopic (exact) mass is 450 g/mol. The van der Waals surface area contributed by atoms with E-state index in [0.717, 1.165) is 36.8 Å². The smallest absolute Gasteiger partial charge is 0.261 e. The van der Waals surface area contributed by atoms with Crippen molar-refractivity contribution in [3.05, 3.63) is 65.2 Å². The summed E-state index contributed by atoms with van der Waals surface area (Å²) in [7, 11) is 0. The highest BCUT2D eigenvalue weighted by molar-refractivity contribution is 5.88. The van der Waals surface area contributed by atoms with Crippen LogP contribution in [-0.2, 0) is 21.5 Å². The van der Waals surface area contributed by atoms with E-state index < -0.39 is 6.04 Å². The Morgan fingerprint density at radius 1 is 1.06 bits per heavy atom. The van der Waals surface area contributed by atoms with Crippen LogP contribution in [0.4, 0.5) is 0 Å². The first-order chi connectivity index (χ1) is 15.6. The van der Waals surface area contributed by atoms with E-state index in [2.05, 4.69) is 26.1 Å². The number of ether oxygens (including phenoxy) is 1. The van der Waals surface area contributed by atoms with Gasteiger partial charge in [0.05, 0.1) is 0 Å². The van der Waals surface area contributed by atoms with E-state index in [9.17, 15) is 9.59 Å². The quantitative estimate of drug-likeness (QED) is 0.605. The van der Waals surface area contributed by atoms with E-state index in [1.807, 2.05) is 55.5 Å². The summed E-state index contributed by atoms with van der Waals surface area (Å²) in [6, 6.07) is 15.5. The number of nitrogens with zero attached hydrogens (tertiary/aromatic N) is 1. The van der Waals surface area contributed by atoms with Crippen molar-refractivity contribution in [1.29, 1.82) is 0 Å². The molecule has 5 nitrogen and oxygen atoms in total. The Hall–Kier alpha value is -2.82. The molecule has 2 aromatic carbocycles. The predicted molar refractivity (Wildman–Crippen MR) is 132 cm³/mol. The van der Waals surface area contributed by atoms with Gasteiger partial charge in [0.2, 0.25) is 5.91 Å². The van der Waals surface area contributed by atoms with Crippen LogP contribution < -0.4 is 10.1 Å². The summed E-state index contributed by atoms with van der Waals surface area (Å²) in [4.78, 5) is 27.9. The molecule has 2 amide bonds. The molecule has 0 bridgehead atoms. The number of carbonyl (C=O) groups excluding carboxylic acids is 2. The summed E-state index contributed by atoms with van der Waals surface area (Å²) in [6.07, 6.45) is 4.32. The van der Waals surface area contributed by atoms with Gasteiger partial charge in [-0.1, -0.05) is 70.0 Å². The van der Waals surface area contributed by atoms with Crippen LogP contribution in [0, 0.1) is 6.92 Å². The molecule has 0 aromatic heterocycles. The molecule has 1 saturated carbocycles. The zero-order chi connectivity index (χ0) is 24.0. The molecule has 0 saturated heterocycles. The summed E-state index contributed by atoms with van der Waals surface area (Å²) in [6.45, 7) is 10.6. The summed E-state index contributed by atoms with van der Waals surface area (Å²) >= 11 is 0. The van der Waals surface area contributed by atoms with Gasteiger partial charge in [-0.2, -0.15) is 0 Å². The molecular weight excluding hydrogens is 412 g/mol. The molecule has 0 spiro atoms. The Morgan fingerprint density at radius 3 is 2.30 bits per heavy atom. The molecule has 0 aliphatic heterocycles. The van der Waals surface area contributed by atoms with Crippen molar-refractivity contribution in [2.24, 2.45) is 0 Å². The molecule has 1 atom stereocenters. The third kappa shape index (κ3) is 6.83. The fraction of sp³-hybridized carbons (Fsp3) is 0.500. The summed E-state index contributed by atoms with van der Waals surface area (Å²) in [5, 5.41) is 3.13. The Balaban J connectivity index is 1.70. The van der Waals surface area contributed by atoms with Crippen molar-refractivity contribution in [2.45, 2.75) is 84.3 Å². The molecule has 1 aliphatic carbocycles. The number of benzene rings is 2. The Bertz CT molecular complexity index is 940. The second kappa shape index (κ2) is 10.9. The lowest BCUT2D eigenvalue weighted by Crippen LogP contribution is -2.50. The van der Waals surface area contributed by atoms with Gasteiger partial charge >= 0.3 is 0 Å². The maximum Gasteiger partial charge on any atom is 0.261 e. The number of hydrogen-bond acceptors (Lipinski definition) is 3. The predicted octanol–water partition coefficient (Wildman–Crippen LogP) is 5.15. The van der Waals surface area contributed by atoms with Crippen LogP contribution in [0.25, 0.3) is 0 Å². The van der Waals surface area contributed by atoms with Crippen molar-refractivity contribution >= 4 is 11.8 Å². The first-order valence-electron chi connectivity index (χ1n) is 12.0. The highest BCUT2D eigenvalue weighted by Crippen LogP contribution is 2.24. The van der Waals surface area contributed by atoms with E-state index in [1.54, 1.807) is 11.8 Å². The third-order valence-corrected chi connectivity index (χ3v) is 6.55. The van der Waals surface area contributed by atoms with Crippen LogP contribution in [0.2, 0.25) is 0 Å². The minimum absolute atomic E-state index is 0.0564. The zero-order valence-electron chi connectivity index (χ0n) is 20.7. The van der Waals surface area contributed by atoms with Crippen LogP contribution in [0.1, 0.15) is 70.1 Å². The number of carbonyl (C=O) groups is 2. The van der Waals surface area contributed by atoms with E-state index in [0.29, 0.717) is 12.3 Å². The van der Waals surface area contributed by atoms with Crippen molar-refractivity contribution in [3.63, 3.8) is 0 Å². The molecule has 1 N–H and O–H groups in total. The normalized spacial score (nSPS) is 15.2. The van der Waals surface area contributed by atoms with Gasteiger partial charge in [0, 0.05) is 12.6 Å². The number of hydrogen-bond donors (Lipinski definition) is 1. The lowest BCUT2D eigenvalue weighted by atomic mass is 9.87. The van der Waals surface area contributed by atoms with E-state index in [1.165, 1.54) is 5.56 Å². The van der Waals surface area contributed by atoms with Gasteiger partial charge in [0.25, 0.3) is 5.91 Å². The lowest BCUT2D eigenvalue weighted by molar-refractivity contribution is -0.142. The van der Waals surface area contributed by atoms with Crippen molar-refractivity contribution in [2.75, 3.05) is 6.61 Å². The van der Waals surface area contributed by atoms with E-state index in [-0.39, 0.29) is 29.9 Å². The fourth-order valence-electron chi connectivity index (χ4n) is 4.22. The largest absolute Gasteiger partial charge is 0.484 e. The van der Waals surface area contributed by atoms with Gasteiger partial charge in [-0.3, -0.25) is 9.59 Å². The number of nitrogens with one attached hydrogen (secondary N) is 1. The van der Waals surface area contributed by atoms with E-state index in [4.69, 9.17) is 4.74 Å². The van der Waals surface area contributed by atoms with Gasteiger partial charge < -0.3 is 15.0 Å². The Labute approximate surface area is 198 Å². The molecule has 178 valence electrons. The Kier molecular flexibility index (Phi) is 8.17. The first kappa shape index (κ1) is 24.8. The second-order valence-electron chi connectivity index (χ2n) is 10.2. The third-order valence-electron chi connectivity index (χ3n) is 6.55. The SMILES string of the molecule is Cc1ccccc1CN(C(=O)COc1ccc(C(C)(C)C)cc1)[C@H](C)C(=O)NC1CCCC1. The molecule has 1 aliphatic rings. The number of aryl methyl sites for hydroxylation is 1. The van der Waals surface area contributed by atoms with Crippen molar-refractivity contribution in [1.82, 2.24) is 10.2 Å². The molecule has 33 heavy (non-hydrogen) atoms. The molecule has 2 aromatic rings. The first-order valence-corrected chi connectivity index (χ1v) is 12.0. The average molecular weight is 451 g/mol. The molecule has 5 heteroatoms. The Morgan fingerprint density at radius 2 is 1.70 bits per heavy atom. The highest BCUT2D eigenvalue weighted by atomic mass is 16.5. The lowest BCUT2D eigenvalue weighted by Gasteiger charge is -2.30. The van der Waals surface area contributed by atoms with Crippen LogP contribution in [0.3, 0.4) is 0 Å². The summed E-state index contributed by atoms with van der Waals surface area (Å²) < 4.78 is 5.82. The van der Waals surface area contributed by atoms with Gasteiger partial charge in [-0.05, 0) is 60.9 Å². The maximum atomic E-state index is 13.3. The fourth-order valence-corrected chi connectivity index (χ4v) is 4.22. The average Bonchev–Trinajstić information content (AvgIpc) is 3.29. The van der Waals surface area contributed by atoms with Crippen LogP contribution in [-0.4, -0.2) is 35.4 Å². The molecule has 0 radical (unpaired) electrons. The number of rotatable bonds is 8. The highest BCUT2D eigenvalue weighted by Gasteiger charge is 2.29. The maximum absolute atomic E-state index is 13.3. The van der Waals surface area contributed by atoms with Gasteiger partial charge in [0.15, 0.2) is 6.61 Å². The molecule has 1 fully saturated rings.